The molecule has 0 radical (unpaired) electrons. The van der Waals surface area contributed by atoms with Crippen molar-refractivity contribution in [1.82, 2.24) is 9.80 Å². The zero-order chi connectivity index (χ0) is 17.4. The molecule has 0 aliphatic carbocycles. The Morgan fingerprint density at radius 1 is 1.00 bits per heavy atom. The van der Waals surface area contributed by atoms with Gasteiger partial charge in [-0.1, -0.05) is 30.3 Å². The van der Waals surface area contributed by atoms with Gasteiger partial charge in [0.25, 0.3) is 0 Å². The Labute approximate surface area is 144 Å². The van der Waals surface area contributed by atoms with Gasteiger partial charge in [0.05, 0.1) is 0 Å². The molecule has 1 saturated heterocycles. The molecule has 0 spiro atoms. The lowest BCUT2D eigenvalue weighted by molar-refractivity contribution is -0.139. The van der Waals surface area contributed by atoms with Gasteiger partial charge >= 0.3 is 0 Å². The number of piperazine rings is 1. The van der Waals surface area contributed by atoms with E-state index in [0.717, 1.165) is 19.3 Å². The molecule has 1 atom stereocenters. The van der Waals surface area contributed by atoms with Crippen molar-refractivity contribution >= 4 is 11.8 Å². The van der Waals surface area contributed by atoms with E-state index in [1.807, 2.05) is 34.9 Å². The molecule has 1 aliphatic rings. The van der Waals surface area contributed by atoms with E-state index in [1.54, 1.807) is 0 Å². The molecule has 2 N–H and O–H groups in total. The number of amides is 2. The second-order valence-corrected chi connectivity index (χ2v) is 6.62. The van der Waals surface area contributed by atoms with Crippen molar-refractivity contribution in [2.75, 3.05) is 26.2 Å². The summed E-state index contributed by atoms with van der Waals surface area (Å²) >= 11 is 0. The Morgan fingerprint density at radius 2 is 1.54 bits per heavy atom. The first-order chi connectivity index (χ1) is 11.6. The van der Waals surface area contributed by atoms with Crippen molar-refractivity contribution in [2.45, 2.75) is 45.1 Å². The van der Waals surface area contributed by atoms with E-state index in [9.17, 15) is 9.59 Å². The second-order valence-electron chi connectivity index (χ2n) is 6.62. The van der Waals surface area contributed by atoms with E-state index in [4.69, 9.17) is 5.73 Å². The average Bonchev–Trinajstić information content (AvgIpc) is 2.60. The first kappa shape index (κ1) is 18.5. The van der Waals surface area contributed by atoms with E-state index in [1.165, 1.54) is 5.56 Å². The second kappa shape index (κ2) is 9.42. The molecule has 2 amide bonds. The van der Waals surface area contributed by atoms with E-state index >= 15 is 0 Å². The molecule has 0 aromatic heterocycles. The molecule has 1 heterocycles. The predicted octanol–water partition coefficient (Wildman–Crippen LogP) is 1.81. The highest BCUT2D eigenvalue weighted by Gasteiger charge is 2.23. The smallest absolute Gasteiger partial charge is 0.222 e. The fourth-order valence-corrected chi connectivity index (χ4v) is 2.96. The minimum absolute atomic E-state index is 0.0569. The third kappa shape index (κ3) is 5.96. The molecular formula is C19H29N3O2. The number of hydrogen-bond acceptors (Lipinski definition) is 3. The van der Waals surface area contributed by atoms with E-state index in [-0.39, 0.29) is 17.9 Å². The first-order valence-corrected chi connectivity index (χ1v) is 8.91. The summed E-state index contributed by atoms with van der Waals surface area (Å²) in [6.07, 6.45) is 3.60. The van der Waals surface area contributed by atoms with Gasteiger partial charge < -0.3 is 15.5 Å². The normalized spacial score (nSPS) is 16.1. The van der Waals surface area contributed by atoms with Crippen LogP contribution in [0.4, 0.5) is 0 Å². The van der Waals surface area contributed by atoms with Gasteiger partial charge in [0.15, 0.2) is 0 Å². The highest BCUT2D eigenvalue weighted by Crippen LogP contribution is 2.10. The van der Waals surface area contributed by atoms with E-state index < -0.39 is 0 Å². The highest BCUT2D eigenvalue weighted by molar-refractivity contribution is 5.78. The highest BCUT2D eigenvalue weighted by atomic mass is 16.2. The summed E-state index contributed by atoms with van der Waals surface area (Å²) < 4.78 is 0. The van der Waals surface area contributed by atoms with Crippen LogP contribution in [0, 0.1) is 0 Å². The summed E-state index contributed by atoms with van der Waals surface area (Å²) in [5.41, 5.74) is 6.97. The standard InChI is InChI=1S/C19H29N3O2/c1-16(20)10-11-19(24)22-14-12-21(13-15-22)18(23)9-5-8-17-6-3-2-4-7-17/h2-4,6-7,16H,5,8-15,20H2,1H3. The van der Waals surface area contributed by atoms with Crippen LogP contribution in [-0.2, 0) is 16.0 Å². The quantitative estimate of drug-likeness (QED) is 0.828. The zero-order valence-electron chi connectivity index (χ0n) is 14.6. The Kier molecular flexibility index (Phi) is 7.25. The Hall–Kier alpha value is -1.88. The minimum atomic E-state index is 0.0569. The molecule has 2 rings (SSSR count). The van der Waals surface area contributed by atoms with Crippen LogP contribution in [-0.4, -0.2) is 53.8 Å². The van der Waals surface area contributed by atoms with Gasteiger partial charge in [-0.05, 0) is 31.7 Å². The van der Waals surface area contributed by atoms with Crippen LogP contribution in [0.3, 0.4) is 0 Å². The summed E-state index contributed by atoms with van der Waals surface area (Å²) in [5.74, 6) is 0.358. The van der Waals surface area contributed by atoms with Gasteiger partial charge in [-0.25, -0.2) is 0 Å². The summed E-state index contributed by atoms with van der Waals surface area (Å²) in [7, 11) is 0. The monoisotopic (exact) mass is 331 g/mol. The number of aryl methyl sites for hydroxylation is 1. The maximum absolute atomic E-state index is 12.3. The molecule has 5 nitrogen and oxygen atoms in total. The Morgan fingerprint density at radius 3 is 2.08 bits per heavy atom. The molecule has 0 saturated carbocycles. The Balaban J connectivity index is 1.66. The summed E-state index contributed by atoms with van der Waals surface area (Å²) in [4.78, 5) is 28.1. The number of nitrogens with two attached hydrogens (primary N) is 1. The lowest BCUT2D eigenvalue weighted by Crippen LogP contribution is -2.50. The van der Waals surface area contributed by atoms with Crippen molar-refractivity contribution in [3.63, 3.8) is 0 Å². The van der Waals surface area contributed by atoms with Gasteiger partial charge in [-0.15, -0.1) is 0 Å². The maximum Gasteiger partial charge on any atom is 0.222 e. The lowest BCUT2D eigenvalue weighted by atomic mass is 10.1. The lowest BCUT2D eigenvalue weighted by Gasteiger charge is -2.35. The van der Waals surface area contributed by atoms with Crippen LogP contribution in [0.15, 0.2) is 30.3 Å². The van der Waals surface area contributed by atoms with Gasteiger partial charge in [0, 0.05) is 45.1 Å². The number of carbonyl (C=O) groups is 2. The number of benzene rings is 1. The molecule has 132 valence electrons. The molecule has 5 heteroatoms. The Bertz CT molecular complexity index is 523. The van der Waals surface area contributed by atoms with Crippen molar-refractivity contribution in [2.24, 2.45) is 5.73 Å². The van der Waals surface area contributed by atoms with Crippen LogP contribution >= 0.6 is 0 Å². The molecule has 1 fully saturated rings. The fraction of sp³-hybridized carbons (Fsp3) is 0.579. The molecular weight excluding hydrogens is 302 g/mol. The largest absolute Gasteiger partial charge is 0.339 e. The predicted molar refractivity (Wildman–Crippen MR) is 95.4 cm³/mol. The number of hydrogen-bond donors (Lipinski definition) is 1. The first-order valence-electron chi connectivity index (χ1n) is 8.91. The molecule has 24 heavy (non-hydrogen) atoms. The average molecular weight is 331 g/mol. The van der Waals surface area contributed by atoms with Crippen LogP contribution < -0.4 is 5.73 Å². The van der Waals surface area contributed by atoms with Gasteiger partial charge in [-0.3, -0.25) is 9.59 Å². The number of nitrogens with zero attached hydrogens (tertiary/aromatic N) is 2. The third-order valence-electron chi connectivity index (χ3n) is 4.50. The number of rotatable bonds is 7. The van der Waals surface area contributed by atoms with Crippen LogP contribution in [0.5, 0.6) is 0 Å². The minimum Gasteiger partial charge on any atom is -0.339 e. The molecule has 1 unspecified atom stereocenters. The molecule has 1 aromatic rings. The summed E-state index contributed by atoms with van der Waals surface area (Å²) in [5, 5.41) is 0. The van der Waals surface area contributed by atoms with Crippen LogP contribution in [0.1, 0.15) is 38.2 Å². The van der Waals surface area contributed by atoms with E-state index in [0.29, 0.717) is 39.0 Å². The van der Waals surface area contributed by atoms with E-state index in [2.05, 4.69) is 12.1 Å². The molecule has 1 aliphatic heterocycles. The van der Waals surface area contributed by atoms with Crippen molar-refractivity contribution in [3.05, 3.63) is 35.9 Å². The van der Waals surface area contributed by atoms with Crippen LogP contribution in [0.25, 0.3) is 0 Å². The topological polar surface area (TPSA) is 66.6 Å². The summed E-state index contributed by atoms with van der Waals surface area (Å²) in [6, 6.07) is 10.3. The molecule has 0 bridgehead atoms. The van der Waals surface area contributed by atoms with Gasteiger partial charge in [0.1, 0.15) is 0 Å². The maximum atomic E-state index is 12.3. The summed E-state index contributed by atoms with van der Waals surface area (Å²) in [6.45, 7) is 4.49. The third-order valence-corrected chi connectivity index (χ3v) is 4.50. The van der Waals surface area contributed by atoms with Gasteiger partial charge in [0.2, 0.25) is 11.8 Å². The molecule has 1 aromatic carbocycles. The zero-order valence-corrected chi connectivity index (χ0v) is 14.6. The SMILES string of the molecule is CC(N)CCC(=O)N1CCN(C(=O)CCCc2ccccc2)CC1. The van der Waals surface area contributed by atoms with Crippen LogP contribution in [0.2, 0.25) is 0 Å². The van der Waals surface area contributed by atoms with Gasteiger partial charge in [-0.2, -0.15) is 0 Å². The number of carbonyl (C=O) groups excluding carboxylic acids is 2. The van der Waals surface area contributed by atoms with Crippen molar-refractivity contribution < 1.29 is 9.59 Å². The van der Waals surface area contributed by atoms with Crippen molar-refractivity contribution in [1.29, 1.82) is 0 Å². The van der Waals surface area contributed by atoms with Crippen molar-refractivity contribution in [3.8, 4) is 0 Å². The fourth-order valence-electron chi connectivity index (χ4n) is 2.96.